The molecule has 9 heteroatoms. The zero-order valence-corrected chi connectivity index (χ0v) is 24.8. The first-order valence-corrected chi connectivity index (χ1v) is 15.3. The quantitative estimate of drug-likeness (QED) is 0.335. The Hall–Kier alpha value is -2.38. The third-order valence-electron chi connectivity index (χ3n) is 10.5. The van der Waals surface area contributed by atoms with Gasteiger partial charge in [0.15, 0.2) is 5.78 Å². The minimum atomic E-state index is -0.749. The fourth-order valence-corrected chi connectivity index (χ4v) is 8.15. The summed E-state index contributed by atoms with van der Waals surface area (Å²) in [6.07, 6.45) is 8.05. The van der Waals surface area contributed by atoms with Crippen molar-refractivity contribution in [3.63, 3.8) is 0 Å². The Morgan fingerprint density at radius 2 is 1.62 bits per heavy atom. The van der Waals surface area contributed by atoms with E-state index in [2.05, 4.69) is 13.8 Å². The Kier molecular flexibility index (Phi) is 6.85. The van der Waals surface area contributed by atoms with E-state index in [0.717, 1.165) is 31.4 Å². The van der Waals surface area contributed by atoms with Gasteiger partial charge in [-0.05, 0) is 87.7 Å². The monoisotopic (exact) mass is 585 g/mol. The van der Waals surface area contributed by atoms with Crippen molar-refractivity contribution in [3.05, 3.63) is 51.3 Å². The summed E-state index contributed by atoms with van der Waals surface area (Å²) >= 11 is 12.8. The van der Waals surface area contributed by atoms with Crippen molar-refractivity contribution in [2.75, 3.05) is 6.54 Å². The first kappa shape index (κ1) is 27.8. The number of ketones is 1. The summed E-state index contributed by atoms with van der Waals surface area (Å²) in [5.74, 6) is 0.220. The lowest BCUT2D eigenvalue weighted by Crippen LogP contribution is -2.44. The molecule has 1 amide bonds. The van der Waals surface area contributed by atoms with Gasteiger partial charge in [-0.25, -0.2) is 0 Å². The van der Waals surface area contributed by atoms with Crippen molar-refractivity contribution in [2.24, 2.45) is 22.7 Å². The Bertz CT molecular complexity index is 1340. The number of Topliss-reactive ketones (excluding diaryl/α,β-unsaturated/α-hetero) is 1. The molecule has 40 heavy (non-hydrogen) atoms. The Morgan fingerprint density at radius 1 is 1.02 bits per heavy atom. The van der Waals surface area contributed by atoms with Crippen LogP contribution in [0.25, 0.3) is 0 Å². The number of hydrogen-bond donors (Lipinski definition) is 1. The van der Waals surface area contributed by atoms with Gasteiger partial charge in [-0.1, -0.05) is 43.1 Å². The van der Waals surface area contributed by atoms with E-state index in [1.807, 2.05) is 11.6 Å². The lowest BCUT2D eigenvalue weighted by molar-refractivity contribution is -0.150. The molecule has 1 aromatic heterocycles. The molecule has 7 nitrogen and oxygen atoms in total. The van der Waals surface area contributed by atoms with Crippen molar-refractivity contribution in [2.45, 2.75) is 90.1 Å². The molecule has 1 N–H and O–H groups in total. The van der Waals surface area contributed by atoms with Crippen LogP contribution in [0.2, 0.25) is 10.0 Å². The maximum Gasteiger partial charge on any atom is 0.309 e. The number of carbonyl (C=O) groups excluding carboxylic acids is 2. The molecular weight excluding hydrogens is 549 g/mol. The molecule has 4 saturated carbocycles. The third-order valence-corrected chi connectivity index (χ3v) is 11.2. The average molecular weight is 587 g/mol. The van der Waals surface area contributed by atoms with Crippen molar-refractivity contribution in [1.82, 2.24) is 14.7 Å². The Morgan fingerprint density at radius 3 is 2.17 bits per heavy atom. The summed E-state index contributed by atoms with van der Waals surface area (Å²) in [4.78, 5) is 41.5. The number of nitrogens with zero attached hydrogens (tertiary/aromatic N) is 3. The van der Waals surface area contributed by atoms with Gasteiger partial charge in [0.1, 0.15) is 0 Å². The predicted octanol–water partition coefficient (Wildman–Crippen LogP) is 7.03. The smallest absolute Gasteiger partial charge is 0.309 e. The van der Waals surface area contributed by atoms with Crippen molar-refractivity contribution < 1.29 is 19.5 Å². The maximum absolute atomic E-state index is 14.4. The summed E-state index contributed by atoms with van der Waals surface area (Å²) in [6, 6.07) is 5.05. The SMILES string of the molecule is CC1(C(=O)O)CCC(n2ncc(C(=O)N(CC(=O)c3c(Cl)cccc3Cl)C3CC4C(C3)C4(C)C)c2C2CC2)CC1. The van der Waals surface area contributed by atoms with Crippen molar-refractivity contribution >= 4 is 40.9 Å². The summed E-state index contributed by atoms with van der Waals surface area (Å²) in [5.41, 5.74) is 1.36. The predicted molar refractivity (Wildman–Crippen MR) is 153 cm³/mol. The molecule has 4 aliphatic carbocycles. The number of aromatic nitrogens is 2. The van der Waals surface area contributed by atoms with Crippen LogP contribution < -0.4 is 0 Å². The molecule has 4 fully saturated rings. The second-order valence-corrected chi connectivity index (χ2v) is 14.2. The number of halogens is 2. The van der Waals surface area contributed by atoms with Crippen LogP contribution in [0.4, 0.5) is 0 Å². The number of carboxylic acid groups (broad SMARTS) is 1. The van der Waals surface area contributed by atoms with Crippen LogP contribution in [0.1, 0.15) is 111 Å². The second-order valence-electron chi connectivity index (χ2n) is 13.4. The van der Waals surface area contributed by atoms with E-state index in [4.69, 9.17) is 28.3 Å². The van der Waals surface area contributed by atoms with Gasteiger partial charge in [-0.2, -0.15) is 5.10 Å². The third kappa shape index (κ3) is 4.67. The number of hydrogen-bond acceptors (Lipinski definition) is 4. The Labute approximate surface area is 245 Å². The van der Waals surface area contributed by atoms with Crippen LogP contribution in [0, 0.1) is 22.7 Å². The summed E-state index contributed by atoms with van der Waals surface area (Å²) in [5, 5.41) is 15.0. The van der Waals surface area contributed by atoms with Crippen LogP contribution >= 0.6 is 23.2 Å². The summed E-state index contributed by atoms with van der Waals surface area (Å²) in [6.45, 7) is 6.31. The van der Waals surface area contributed by atoms with Crippen LogP contribution in [0.5, 0.6) is 0 Å². The number of aliphatic carboxylic acids is 1. The van der Waals surface area contributed by atoms with Gasteiger partial charge in [0, 0.05) is 12.0 Å². The molecule has 4 aliphatic rings. The van der Waals surface area contributed by atoms with Gasteiger partial charge in [0.2, 0.25) is 0 Å². The standard InChI is InChI=1S/C31H37Cl2N3O4/c1-30(2)21-13-19(14-22(21)30)35(16-25(37)26-23(32)5-4-6-24(26)33)28(38)20-15-34-36(27(20)17-7-8-17)18-9-11-31(3,12-10-18)29(39)40/h4-6,15,17-19,21-22H,7-14,16H2,1-3H3,(H,39,40). The van der Waals surface area contributed by atoms with Crippen LogP contribution in [-0.2, 0) is 4.79 Å². The van der Waals surface area contributed by atoms with E-state index in [9.17, 15) is 19.5 Å². The fraction of sp³-hybridized carbons (Fsp3) is 0.613. The van der Waals surface area contributed by atoms with E-state index in [0.29, 0.717) is 43.1 Å². The van der Waals surface area contributed by atoms with Crippen molar-refractivity contribution in [1.29, 1.82) is 0 Å². The number of carboxylic acids is 1. The highest BCUT2D eigenvalue weighted by Crippen LogP contribution is 2.67. The summed E-state index contributed by atoms with van der Waals surface area (Å²) < 4.78 is 2.01. The molecule has 0 saturated heterocycles. The highest BCUT2D eigenvalue weighted by Gasteiger charge is 2.63. The number of rotatable bonds is 8. The molecule has 1 aromatic carbocycles. The highest BCUT2D eigenvalue weighted by atomic mass is 35.5. The lowest BCUT2D eigenvalue weighted by atomic mass is 9.74. The topological polar surface area (TPSA) is 92.5 Å². The van der Waals surface area contributed by atoms with Crippen LogP contribution in [0.3, 0.4) is 0 Å². The molecule has 2 unspecified atom stereocenters. The number of carbonyl (C=O) groups is 3. The van der Waals surface area contributed by atoms with Gasteiger partial charge in [-0.15, -0.1) is 0 Å². The number of fused-ring (bicyclic) bond motifs is 1. The lowest BCUT2D eigenvalue weighted by Gasteiger charge is -2.35. The second kappa shape index (κ2) is 9.87. The summed E-state index contributed by atoms with van der Waals surface area (Å²) in [7, 11) is 0. The molecule has 0 aliphatic heterocycles. The molecule has 214 valence electrons. The molecule has 1 heterocycles. The molecular formula is C31H37Cl2N3O4. The molecule has 0 bridgehead atoms. The molecule has 0 spiro atoms. The van der Waals surface area contributed by atoms with E-state index >= 15 is 0 Å². The van der Waals surface area contributed by atoms with Gasteiger partial charge in [-0.3, -0.25) is 19.1 Å². The minimum Gasteiger partial charge on any atom is -0.481 e. The minimum absolute atomic E-state index is 0.0258. The first-order chi connectivity index (χ1) is 18.9. The zero-order chi connectivity index (χ0) is 28.6. The zero-order valence-electron chi connectivity index (χ0n) is 23.3. The van der Waals surface area contributed by atoms with Gasteiger partial charge in [0.25, 0.3) is 5.91 Å². The van der Waals surface area contributed by atoms with Crippen molar-refractivity contribution in [3.8, 4) is 0 Å². The normalized spacial score (nSPS) is 30.5. The molecule has 2 atom stereocenters. The largest absolute Gasteiger partial charge is 0.481 e. The fourth-order valence-electron chi connectivity index (χ4n) is 7.54. The van der Waals surface area contributed by atoms with E-state index in [-0.39, 0.29) is 57.3 Å². The highest BCUT2D eigenvalue weighted by molar-refractivity contribution is 6.40. The average Bonchev–Trinajstić information content (AvgIpc) is 3.66. The maximum atomic E-state index is 14.4. The number of benzene rings is 1. The first-order valence-electron chi connectivity index (χ1n) is 14.5. The van der Waals surface area contributed by atoms with E-state index < -0.39 is 11.4 Å². The Balaban J connectivity index is 1.29. The molecule has 2 aromatic rings. The van der Waals surface area contributed by atoms with Gasteiger partial charge in [0.05, 0.1) is 51.1 Å². The van der Waals surface area contributed by atoms with Gasteiger partial charge >= 0.3 is 5.97 Å². The van der Waals surface area contributed by atoms with Gasteiger partial charge < -0.3 is 10.0 Å². The molecule has 0 radical (unpaired) electrons. The van der Waals surface area contributed by atoms with Crippen LogP contribution in [-0.4, -0.2) is 50.0 Å². The van der Waals surface area contributed by atoms with Crippen LogP contribution in [0.15, 0.2) is 24.4 Å². The molecule has 6 rings (SSSR count). The van der Waals surface area contributed by atoms with E-state index in [1.54, 1.807) is 29.3 Å². The number of amides is 1. The van der Waals surface area contributed by atoms with E-state index in [1.165, 1.54) is 0 Å².